The first-order valence-electron chi connectivity index (χ1n) is 14.6. The predicted molar refractivity (Wildman–Crippen MR) is 177 cm³/mol. The lowest BCUT2D eigenvalue weighted by Crippen LogP contribution is -2.53. The van der Waals surface area contributed by atoms with Crippen LogP contribution < -0.4 is 23.8 Å². The molecule has 0 saturated heterocycles. The van der Waals surface area contributed by atoms with Crippen LogP contribution in [0.2, 0.25) is 0 Å². The van der Waals surface area contributed by atoms with Crippen molar-refractivity contribution in [1.82, 2.24) is 10.2 Å². The number of carbonyl (C=O) groups is 2. The molecule has 0 heterocycles. The van der Waals surface area contributed by atoms with Crippen molar-refractivity contribution in [3.8, 4) is 17.2 Å². The van der Waals surface area contributed by atoms with Gasteiger partial charge in [-0.1, -0.05) is 60.2 Å². The highest BCUT2D eigenvalue weighted by molar-refractivity contribution is 7.92. The fraction of sp³-hybridized carbons (Fsp3) is 0.257. The van der Waals surface area contributed by atoms with Crippen molar-refractivity contribution in [2.24, 2.45) is 0 Å². The van der Waals surface area contributed by atoms with Crippen molar-refractivity contribution in [3.05, 3.63) is 114 Å². The lowest BCUT2D eigenvalue weighted by molar-refractivity contribution is -0.139. The molecule has 0 radical (unpaired) electrons. The molecular weight excluding hydrogens is 606 g/mol. The highest BCUT2D eigenvalue weighted by Crippen LogP contribution is 2.36. The van der Waals surface area contributed by atoms with Gasteiger partial charge in [0.05, 0.1) is 31.9 Å². The minimum Gasteiger partial charge on any atom is -0.497 e. The zero-order valence-corrected chi connectivity index (χ0v) is 27.4. The SMILES string of the molecule is CNC(=O)[C@@H](Cc1ccccc1)N(Cc1cccc(OC)c1)C(=O)CN(c1cc(OC)ccc1OC)S(=O)(=O)c1ccc(C)cc1. The van der Waals surface area contributed by atoms with Crippen LogP contribution in [0, 0.1) is 6.92 Å². The summed E-state index contributed by atoms with van der Waals surface area (Å²) in [4.78, 5) is 29.4. The molecule has 4 aromatic rings. The van der Waals surface area contributed by atoms with Crippen LogP contribution in [-0.2, 0) is 32.6 Å². The van der Waals surface area contributed by atoms with Gasteiger partial charge in [-0.2, -0.15) is 0 Å². The van der Waals surface area contributed by atoms with Gasteiger partial charge in [0.15, 0.2) is 0 Å². The molecule has 1 N–H and O–H groups in total. The Labute approximate surface area is 270 Å². The van der Waals surface area contributed by atoms with E-state index in [4.69, 9.17) is 14.2 Å². The van der Waals surface area contributed by atoms with E-state index in [1.165, 1.54) is 44.4 Å². The van der Waals surface area contributed by atoms with Gasteiger partial charge in [-0.15, -0.1) is 0 Å². The number of ether oxygens (including phenoxy) is 3. The summed E-state index contributed by atoms with van der Waals surface area (Å²) in [5.74, 6) is 0.165. The number of carbonyl (C=O) groups excluding carboxylic acids is 2. The summed E-state index contributed by atoms with van der Waals surface area (Å²) in [5.41, 5.74) is 2.51. The number of benzene rings is 4. The van der Waals surface area contributed by atoms with Crippen LogP contribution in [0.5, 0.6) is 17.2 Å². The molecule has 1 atom stereocenters. The number of aryl methyl sites for hydroxylation is 1. The standard InChI is InChI=1S/C35H39N3O7S/c1-25-14-17-30(18-15-25)46(41,42)38(31-22-29(44-4)16-19-33(31)45-5)24-34(39)37(23-27-12-9-13-28(20-27)43-3)32(35(40)36-2)21-26-10-7-6-8-11-26/h6-20,22,32H,21,23-24H2,1-5H3,(H,36,40)/t32-/m1/s1. The van der Waals surface area contributed by atoms with E-state index in [1.54, 1.807) is 49.6 Å². The molecule has 10 nitrogen and oxygen atoms in total. The highest BCUT2D eigenvalue weighted by atomic mass is 32.2. The van der Waals surface area contributed by atoms with Crippen molar-refractivity contribution in [2.45, 2.75) is 30.8 Å². The largest absolute Gasteiger partial charge is 0.497 e. The Hall–Kier alpha value is -5.03. The second kappa shape index (κ2) is 15.3. The normalized spacial score (nSPS) is 11.7. The molecule has 0 spiro atoms. The number of nitrogens with one attached hydrogen (secondary N) is 1. The number of anilines is 1. The van der Waals surface area contributed by atoms with E-state index in [0.717, 1.165) is 15.4 Å². The molecule has 0 aliphatic heterocycles. The topological polar surface area (TPSA) is 114 Å². The summed E-state index contributed by atoms with van der Waals surface area (Å²) in [6.45, 7) is 1.23. The van der Waals surface area contributed by atoms with Gasteiger partial charge in [0, 0.05) is 26.1 Å². The Morgan fingerprint density at radius 3 is 2.07 bits per heavy atom. The quantitative estimate of drug-likeness (QED) is 0.213. The molecule has 0 fully saturated rings. The summed E-state index contributed by atoms with van der Waals surface area (Å²) in [6, 6.07) is 26.6. The van der Waals surface area contributed by atoms with Crippen molar-refractivity contribution in [2.75, 3.05) is 39.2 Å². The molecular formula is C35H39N3O7S. The molecule has 0 unspecified atom stereocenters. The smallest absolute Gasteiger partial charge is 0.264 e. The van der Waals surface area contributed by atoms with Crippen molar-refractivity contribution in [1.29, 1.82) is 0 Å². The minimum atomic E-state index is -4.32. The van der Waals surface area contributed by atoms with Crippen LogP contribution in [0.1, 0.15) is 16.7 Å². The predicted octanol–water partition coefficient (Wildman–Crippen LogP) is 4.60. The summed E-state index contributed by atoms with van der Waals surface area (Å²) in [6.07, 6.45) is 0.198. The summed E-state index contributed by atoms with van der Waals surface area (Å²) >= 11 is 0. The van der Waals surface area contributed by atoms with E-state index in [-0.39, 0.29) is 29.3 Å². The number of amides is 2. The molecule has 2 amide bonds. The summed E-state index contributed by atoms with van der Waals surface area (Å²) in [5, 5.41) is 2.68. The van der Waals surface area contributed by atoms with E-state index in [9.17, 15) is 18.0 Å². The van der Waals surface area contributed by atoms with Crippen molar-refractivity contribution >= 4 is 27.5 Å². The maximum atomic E-state index is 14.6. The third kappa shape index (κ3) is 7.97. The number of rotatable bonds is 14. The van der Waals surface area contributed by atoms with Gasteiger partial charge in [0.1, 0.15) is 29.8 Å². The third-order valence-electron chi connectivity index (χ3n) is 7.55. The molecule has 0 bridgehead atoms. The van der Waals surface area contributed by atoms with E-state index >= 15 is 0 Å². The lowest BCUT2D eigenvalue weighted by Gasteiger charge is -2.34. The van der Waals surface area contributed by atoms with E-state index in [0.29, 0.717) is 17.1 Å². The van der Waals surface area contributed by atoms with Gasteiger partial charge in [-0.25, -0.2) is 8.42 Å². The maximum absolute atomic E-state index is 14.6. The van der Waals surface area contributed by atoms with Crippen LogP contribution in [0.3, 0.4) is 0 Å². The summed E-state index contributed by atoms with van der Waals surface area (Å²) < 4.78 is 46.0. The first-order chi connectivity index (χ1) is 22.1. The van der Waals surface area contributed by atoms with E-state index in [2.05, 4.69) is 5.32 Å². The van der Waals surface area contributed by atoms with Gasteiger partial charge in [-0.3, -0.25) is 13.9 Å². The Kier molecular flexibility index (Phi) is 11.3. The van der Waals surface area contributed by atoms with E-state index < -0.39 is 34.4 Å². The second-order valence-electron chi connectivity index (χ2n) is 10.6. The molecule has 11 heteroatoms. The lowest BCUT2D eigenvalue weighted by atomic mass is 10.0. The van der Waals surface area contributed by atoms with Crippen LogP contribution in [0.15, 0.2) is 102 Å². The minimum absolute atomic E-state index is 0.00855. The maximum Gasteiger partial charge on any atom is 0.264 e. The van der Waals surface area contributed by atoms with Gasteiger partial charge in [0.25, 0.3) is 10.0 Å². The molecule has 242 valence electrons. The number of sulfonamides is 1. The van der Waals surface area contributed by atoms with E-state index in [1.807, 2.05) is 43.3 Å². The average Bonchev–Trinajstić information content (AvgIpc) is 3.08. The monoisotopic (exact) mass is 645 g/mol. The Bertz CT molecular complexity index is 1750. The third-order valence-corrected chi connectivity index (χ3v) is 9.32. The molecule has 0 aliphatic carbocycles. The molecule has 4 rings (SSSR count). The first-order valence-corrected chi connectivity index (χ1v) is 16.0. The zero-order chi connectivity index (χ0) is 33.3. The average molecular weight is 646 g/mol. The number of hydrogen-bond acceptors (Lipinski definition) is 7. The Morgan fingerprint density at radius 1 is 0.783 bits per heavy atom. The zero-order valence-electron chi connectivity index (χ0n) is 26.6. The van der Waals surface area contributed by atoms with Crippen molar-refractivity contribution < 1.29 is 32.2 Å². The van der Waals surface area contributed by atoms with Crippen molar-refractivity contribution in [3.63, 3.8) is 0 Å². The fourth-order valence-corrected chi connectivity index (χ4v) is 6.45. The van der Waals surface area contributed by atoms with Gasteiger partial charge < -0.3 is 24.4 Å². The number of likely N-dealkylation sites (N-methyl/N-ethyl adjacent to an activating group) is 1. The second-order valence-corrected chi connectivity index (χ2v) is 12.4. The van der Waals surface area contributed by atoms with Gasteiger partial charge in [0.2, 0.25) is 11.8 Å². The van der Waals surface area contributed by atoms with Gasteiger partial charge in [-0.05, 0) is 54.4 Å². The van der Waals surface area contributed by atoms with Gasteiger partial charge >= 0.3 is 0 Å². The fourth-order valence-electron chi connectivity index (χ4n) is 5.03. The number of methoxy groups -OCH3 is 3. The van der Waals surface area contributed by atoms with Crippen LogP contribution >= 0.6 is 0 Å². The summed E-state index contributed by atoms with van der Waals surface area (Å²) in [7, 11) is 1.60. The molecule has 4 aromatic carbocycles. The van der Waals surface area contributed by atoms with Crippen LogP contribution in [-0.4, -0.2) is 66.1 Å². The molecule has 0 aliphatic rings. The van der Waals surface area contributed by atoms with Crippen LogP contribution in [0.4, 0.5) is 5.69 Å². The number of nitrogens with zero attached hydrogens (tertiary/aromatic N) is 2. The Morgan fingerprint density at radius 2 is 1.43 bits per heavy atom. The molecule has 46 heavy (non-hydrogen) atoms. The highest BCUT2D eigenvalue weighted by Gasteiger charge is 2.35. The first kappa shape index (κ1) is 33.9. The number of hydrogen-bond donors (Lipinski definition) is 1. The Balaban J connectivity index is 1.86. The molecule has 0 saturated carbocycles. The van der Waals surface area contributed by atoms with Crippen LogP contribution in [0.25, 0.3) is 0 Å². The molecule has 0 aromatic heterocycles.